The summed E-state index contributed by atoms with van der Waals surface area (Å²) in [6, 6.07) is 0.777. The van der Waals surface area contributed by atoms with Gasteiger partial charge in [-0.2, -0.15) is 0 Å². The molecule has 118 valence electrons. The highest BCUT2D eigenvalue weighted by molar-refractivity contribution is 4.97. The predicted octanol–water partition coefficient (Wildman–Crippen LogP) is 2.57. The van der Waals surface area contributed by atoms with Crippen LogP contribution in [0.2, 0.25) is 0 Å². The third-order valence-electron chi connectivity index (χ3n) is 5.66. The van der Waals surface area contributed by atoms with Crippen molar-refractivity contribution in [3.8, 4) is 0 Å². The minimum Gasteiger partial charge on any atom is -0.313 e. The molecule has 20 heavy (non-hydrogen) atoms. The molecule has 1 N–H and O–H groups in total. The van der Waals surface area contributed by atoms with E-state index >= 15 is 0 Å². The van der Waals surface area contributed by atoms with Crippen LogP contribution in [0.4, 0.5) is 0 Å². The van der Waals surface area contributed by atoms with Crippen LogP contribution in [0.15, 0.2) is 0 Å². The number of hydrogen-bond donors (Lipinski definition) is 1. The molecule has 3 nitrogen and oxygen atoms in total. The SMILES string of the molecule is CC1CCCC(NCCN(C)CC2(N(C)C)CCC2)C1. The maximum Gasteiger partial charge on any atom is 0.0330 e. The van der Waals surface area contributed by atoms with Gasteiger partial charge in [0.2, 0.25) is 0 Å². The van der Waals surface area contributed by atoms with Crippen LogP contribution in [-0.4, -0.2) is 62.2 Å². The molecule has 3 heteroatoms. The van der Waals surface area contributed by atoms with E-state index in [1.54, 1.807) is 0 Å². The predicted molar refractivity (Wildman–Crippen MR) is 87.2 cm³/mol. The number of nitrogens with zero attached hydrogens (tertiary/aromatic N) is 2. The molecule has 0 aromatic heterocycles. The molecule has 0 radical (unpaired) electrons. The normalized spacial score (nSPS) is 29.7. The van der Waals surface area contributed by atoms with Crippen molar-refractivity contribution in [1.29, 1.82) is 0 Å². The van der Waals surface area contributed by atoms with Gasteiger partial charge in [-0.05, 0) is 59.2 Å². The second-order valence-corrected chi connectivity index (χ2v) is 7.63. The smallest absolute Gasteiger partial charge is 0.0330 e. The monoisotopic (exact) mass is 281 g/mol. The minimum atomic E-state index is 0.466. The molecular weight excluding hydrogens is 246 g/mol. The molecule has 2 saturated carbocycles. The summed E-state index contributed by atoms with van der Waals surface area (Å²) in [7, 11) is 6.78. The van der Waals surface area contributed by atoms with Crippen molar-refractivity contribution < 1.29 is 0 Å². The topological polar surface area (TPSA) is 18.5 Å². The standard InChI is InChI=1S/C17H35N3/c1-15-7-5-8-16(13-15)18-11-12-20(4)14-17(19(2)3)9-6-10-17/h15-16,18H,5-14H2,1-4H3. The summed E-state index contributed by atoms with van der Waals surface area (Å²) in [5.74, 6) is 0.922. The van der Waals surface area contributed by atoms with Gasteiger partial charge in [0, 0.05) is 31.2 Å². The molecule has 0 aromatic carbocycles. The molecule has 0 spiro atoms. The van der Waals surface area contributed by atoms with Crippen LogP contribution in [0.5, 0.6) is 0 Å². The molecule has 2 atom stereocenters. The van der Waals surface area contributed by atoms with Gasteiger partial charge in [-0.3, -0.25) is 0 Å². The lowest BCUT2D eigenvalue weighted by Crippen LogP contribution is -2.57. The second kappa shape index (κ2) is 7.24. The molecule has 0 saturated heterocycles. The molecule has 0 bridgehead atoms. The van der Waals surface area contributed by atoms with Gasteiger partial charge >= 0.3 is 0 Å². The third kappa shape index (κ3) is 4.19. The molecule has 2 fully saturated rings. The lowest BCUT2D eigenvalue weighted by molar-refractivity contribution is 0.0279. The van der Waals surface area contributed by atoms with E-state index in [0.717, 1.165) is 18.5 Å². The van der Waals surface area contributed by atoms with Crippen LogP contribution >= 0.6 is 0 Å². The quantitative estimate of drug-likeness (QED) is 0.774. The Labute approximate surface area is 126 Å². The van der Waals surface area contributed by atoms with E-state index in [2.05, 4.69) is 43.2 Å². The van der Waals surface area contributed by atoms with Gasteiger partial charge in [-0.25, -0.2) is 0 Å². The summed E-state index contributed by atoms with van der Waals surface area (Å²) in [6.45, 7) is 5.96. The number of hydrogen-bond acceptors (Lipinski definition) is 3. The highest BCUT2D eigenvalue weighted by Gasteiger charge is 2.39. The second-order valence-electron chi connectivity index (χ2n) is 7.63. The number of likely N-dealkylation sites (N-methyl/N-ethyl adjacent to an activating group) is 2. The van der Waals surface area contributed by atoms with Crippen molar-refractivity contribution in [2.75, 3.05) is 40.8 Å². The molecule has 2 aliphatic carbocycles. The summed E-state index contributed by atoms with van der Waals surface area (Å²) in [5.41, 5.74) is 0.466. The van der Waals surface area contributed by atoms with Crippen molar-refractivity contribution in [1.82, 2.24) is 15.1 Å². The highest BCUT2D eigenvalue weighted by Crippen LogP contribution is 2.36. The lowest BCUT2D eigenvalue weighted by atomic mass is 9.75. The van der Waals surface area contributed by atoms with E-state index in [1.165, 1.54) is 58.0 Å². The number of rotatable bonds is 7. The minimum absolute atomic E-state index is 0.466. The molecule has 2 rings (SSSR count). The van der Waals surface area contributed by atoms with Crippen LogP contribution in [0.3, 0.4) is 0 Å². The summed E-state index contributed by atoms with van der Waals surface area (Å²) in [5, 5.41) is 3.78. The van der Waals surface area contributed by atoms with E-state index in [9.17, 15) is 0 Å². The zero-order chi connectivity index (χ0) is 14.6. The fraction of sp³-hybridized carbons (Fsp3) is 1.00. The maximum atomic E-state index is 3.78. The average Bonchev–Trinajstić information content (AvgIpc) is 2.33. The molecule has 2 aliphatic rings. The van der Waals surface area contributed by atoms with Gasteiger partial charge < -0.3 is 15.1 Å². The first-order valence-corrected chi connectivity index (χ1v) is 8.61. The van der Waals surface area contributed by atoms with Gasteiger partial charge in [-0.1, -0.05) is 19.8 Å². The molecule has 2 unspecified atom stereocenters. The lowest BCUT2D eigenvalue weighted by Gasteiger charge is -2.49. The van der Waals surface area contributed by atoms with E-state index in [0.29, 0.717) is 5.54 Å². The van der Waals surface area contributed by atoms with E-state index in [-0.39, 0.29) is 0 Å². The third-order valence-corrected chi connectivity index (χ3v) is 5.66. The van der Waals surface area contributed by atoms with Crippen molar-refractivity contribution in [3.05, 3.63) is 0 Å². The Morgan fingerprint density at radius 2 is 1.85 bits per heavy atom. The van der Waals surface area contributed by atoms with Gasteiger partial charge in [0.05, 0.1) is 0 Å². The van der Waals surface area contributed by atoms with Crippen LogP contribution in [0.25, 0.3) is 0 Å². The van der Waals surface area contributed by atoms with Gasteiger partial charge in [0.1, 0.15) is 0 Å². The zero-order valence-corrected chi connectivity index (χ0v) is 14.1. The molecular formula is C17H35N3. The van der Waals surface area contributed by atoms with Crippen molar-refractivity contribution in [2.45, 2.75) is 63.5 Å². The fourth-order valence-electron chi connectivity index (χ4n) is 3.99. The molecule has 0 amide bonds. The average molecular weight is 281 g/mol. The summed E-state index contributed by atoms with van der Waals surface area (Å²) >= 11 is 0. The Morgan fingerprint density at radius 1 is 1.10 bits per heavy atom. The van der Waals surface area contributed by atoms with E-state index in [4.69, 9.17) is 0 Å². The molecule has 0 heterocycles. The zero-order valence-electron chi connectivity index (χ0n) is 14.1. The van der Waals surface area contributed by atoms with Crippen LogP contribution in [0, 0.1) is 5.92 Å². The summed E-state index contributed by atoms with van der Waals surface area (Å²) in [4.78, 5) is 4.97. The Kier molecular flexibility index (Phi) is 5.88. The van der Waals surface area contributed by atoms with E-state index in [1.807, 2.05) is 0 Å². The molecule has 0 aliphatic heterocycles. The van der Waals surface area contributed by atoms with Gasteiger partial charge in [0.15, 0.2) is 0 Å². The summed E-state index contributed by atoms with van der Waals surface area (Å²) < 4.78 is 0. The Morgan fingerprint density at radius 3 is 2.40 bits per heavy atom. The van der Waals surface area contributed by atoms with Crippen LogP contribution in [-0.2, 0) is 0 Å². The first-order chi connectivity index (χ1) is 9.52. The highest BCUT2D eigenvalue weighted by atomic mass is 15.2. The van der Waals surface area contributed by atoms with Crippen molar-refractivity contribution in [2.24, 2.45) is 5.92 Å². The Hall–Kier alpha value is -0.120. The van der Waals surface area contributed by atoms with Crippen molar-refractivity contribution in [3.63, 3.8) is 0 Å². The van der Waals surface area contributed by atoms with E-state index < -0.39 is 0 Å². The summed E-state index contributed by atoms with van der Waals surface area (Å²) in [6.07, 6.45) is 9.77. The maximum absolute atomic E-state index is 3.78. The first-order valence-electron chi connectivity index (χ1n) is 8.61. The van der Waals surface area contributed by atoms with Crippen LogP contribution < -0.4 is 5.32 Å². The Balaban J connectivity index is 1.63. The van der Waals surface area contributed by atoms with Gasteiger partial charge in [-0.15, -0.1) is 0 Å². The molecule has 0 aromatic rings. The first kappa shape index (κ1) is 16.3. The van der Waals surface area contributed by atoms with Gasteiger partial charge in [0.25, 0.3) is 0 Å². The fourth-order valence-corrected chi connectivity index (χ4v) is 3.99. The van der Waals surface area contributed by atoms with Crippen LogP contribution in [0.1, 0.15) is 51.9 Å². The Bertz CT molecular complexity index is 286. The number of nitrogens with one attached hydrogen (secondary N) is 1. The van der Waals surface area contributed by atoms with Crippen molar-refractivity contribution >= 4 is 0 Å². The largest absolute Gasteiger partial charge is 0.313 e.